The van der Waals surface area contributed by atoms with E-state index in [4.69, 9.17) is 16.3 Å². The molecule has 5 nitrogen and oxygen atoms in total. The molecule has 1 unspecified atom stereocenters. The quantitative estimate of drug-likeness (QED) is 0.683. The average molecular weight is 384 g/mol. The SMILES string of the molecule is COc1ccc(C)cc1C(C)Nc1cnn(Cc2ccccc2)c(=O)c1Cl. The van der Waals surface area contributed by atoms with Crippen molar-refractivity contribution in [3.63, 3.8) is 0 Å². The number of halogens is 1. The summed E-state index contributed by atoms with van der Waals surface area (Å²) in [5, 5.41) is 7.66. The van der Waals surface area contributed by atoms with E-state index in [1.54, 1.807) is 13.3 Å². The fourth-order valence-corrected chi connectivity index (χ4v) is 3.14. The highest BCUT2D eigenvalue weighted by atomic mass is 35.5. The molecule has 0 fully saturated rings. The van der Waals surface area contributed by atoms with Crippen LogP contribution in [0.2, 0.25) is 5.02 Å². The molecule has 0 radical (unpaired) electrons. The third-order valence-electron chi connectivity index (χ3n) is 4.38. The minimum atomic E-state index is -0.325. The monoisotopic (exact) mass is 383 g/mol. The Hall–Kier alpha value is -2.79. The zero-order chi connectivity index (χ0) is 19.4. The van der Waals surface area contributed by atoms with E-state index in [0.717, 1.165) is 22.4 Å². The number of aromatic nitrogens is 2. The molecule has 1 aromatic heterocycles. The number of rotatable bonds is 6. The number of benzene rings is 2. The predicted molar refractivity (Wildman–Crippen MR) is 109 cm³/mol. The highest BCUT2D eigenvalue weighted by Crippen LogP contribution is 2.30. The Morgan fingerprint density at radius 1 is 1.22 bits per heavy atom. The molecule has 1 atom stereocenters. The van der Waals surface area contributed by atoms with Gasteiger partial charge in [-0.05, 0) is 25.5 Å². The van der Waals surface area contributed by atoms with E-state index >= 15 is 0 Å². The summed E-state index contributed by atoms with van der Waals surface area (Å²) in [5.41, 5.74) is 3.28. The minimum absolute atomic E-state index is 0.108. The molecule has 1 N–H and O–H groups in total. The number of ether oxygens (including phenoxy) is 1. The van der Waals surface area contributed by atoms with Gasteiger partial charge in [0.25, 0.3) is 5.56 Å². The van der Waals surface area contributed by atoms with Crippen molar-refractivity contribution in [3.05, 3.63) is 86.8 Å². The summed E-state index contributed by atoms with van der Waals surface area (Å²) in [6, 6.07) is 15.5. The molecule has 0 amide bonds. The molecule has 0 spiro atoms. The van der Waals surface area contributed by atoms with E-state index in [9.17, 15) is 4.79 Å². The third kappa shape index (κ3) is 4.31. The Morgan fingerprint density at radius 3 is 2.67 bits per heavy atom. The van der Waals surface area contributed by atoms with Crippen LogP contribution in [0.3, 0.4) is 0 Å². The van der Waals surface area contributed by atoms with Crippen molar-refractivity contribution < 1.29 is 4.74 Å². The highest BCUT2D eigenvalue weighted by molar-refractivity contribution is 6.32. The summed E-state index contributed by atoms with van der Waals surface area (Å²) < 4.78 is 6.81. The van der Waals surface area contributed by atoms with Gasteiger partial charge in [-0.1, -0.05) is 59.6 Å². The van der Waals surface area contributed by atoms with E-state index in [1.807, 2.05) is 56.3 Å². The highest BCUT2D eigenvalue weighted by Gasteiger charge is 2.16. The molecule has 3 rings (SSSR count). The maximum Gasteiger partial charge on any atom is 0.287 e. The first-order valence-corrected chi connectivity index (χ1v) is 9.08. The van der Waals surface area contributed by atoms with Crippen molar-refractivity contribution in [1.82, 2.24) is 9.78 Å². The molecule has 0 saturated heterocycles. The van der Waals surface area contributed by atoms with E-state index in [-0.39, 0.29) is 16.6 Å². The lowest BCUT2D eigenvalue weighted by Gasteiger charge is -2.19. The second-order valence-corrected chi connectivity index (χ2v) is 6.81. The number of hydrogen-bond acceptors (Lipinski definition) is 4. The zero-order valence-corrected chi connectivity index (χ0v) is 16.3. The summed E-state index contributed by atoms with van der Waals surface area (Å²) >= 11 is 6.33. The maximum atomic E-state index is 12.6. The van der Waals surface area contributed by atoms with Gasteiger partial charge in [-0.15, -0.1) is 0 Å². The average Bonchev–Trinajstić information content (AvgIpc) is 2.68. The Morgan fingerprint density at radius 2 is 1.96 bits per heavy atom. The smallest absolute Gasteiger partial charge is 0.287 e. The van der Waals surface area contributed by atoms with E-state index < -0.39 is 0 Å². The van der Waals surface area contributed by atoms with Gasteiger partial charge >= 0.3 is 0 Å². The van der Waals surface area contributed by atoms with Gasteiger partial charge in [-0.2, -0.15) is 5.10 Å². The Labute approximate surface area is 163 Å². The van der Waals surface area contributed by atoms with Crippen LogP contribution >= 0.6 is 11.6 Å². The van der Waals surface area contributed by atoms with Crippen molar-refractivity contribution in [2.75, 3.05) is 12.4 Å². The molecule has 1 heterocycles. The summed E-state index contributed by atoms with van der Waals surface area (Å²) in [7, 11) is 1.64. The van der Waals surface area contributed by atoms with Crippen LogP contribution in [0, 0.1) is 6.92 Å². The molecular formula is C21H22ClN3O2. The number of aryl methyl sites for hydroxylation is 1. The van der Waals surface area contributed by atoms with Crippen LogP contribution in [-0.2, 0) is 6.54 Å². The van der Waals surface area contributed by atoms with Crippen molar-refractivity contribution in [3.8, 4) is 5.75 Å². The second-order valence-electron chi connectivity index (χ2n) is 6.43. The molecule has 6 heteroatoms. The fraction of sp³-hybridized carbons (Fsp3) is 0.238. The Bertz CT molecular complexity index is 986. The van der Waals surface area contributed by atoms with Crippen LogP contribution in [0.15, 0.2) is 59.5 Å². The number of nitrogens with zero attached hydrogens (tertiary/aromatic N) is 2. The molecule has 3 aromatic rings. The van der Waals surface area contributed by atoms with Crippen LogP contribution in [0.1, 0.15) is 29.7 Å². The number of hydrogen-bond donors (Lipinski definition) is 1. The molecule has 0 aliphatic heterocycles. The summed E-state index contributed by atoms with van der Waals surface area (Å²) in [6.45, 7) is 4.39. The standard InChI is InChI=1S/C21H22ClN3O2/c1-14-9-10-19(27-3)17(11-14)15(2)24-18-12-23-25(21(26)20(18)22)13-16-7-5-4-6-8-16/h4-12,15,24H,13H2,1-3H3. The number of nitrogens with one attached hydrogen (secondary N) is 1. The Kier molecular flexibility index (Phi) is 5.81. The summed E-state index contributed by atoms with van der Waals surface area (Å²) in [6.07, 6.45) is 1.59. The van der Waals surface area contributed by atoms with Crippen LogP contribution in [0.4, 0.5) is 5.69 Å². The van der Waals surface area contributed by atoms with Gasteiger partial charge in [-0.25, -0.2) is 4.68 Å². The van der Waals surface area contributed by atoms with Crippen molar-refractivity contribution >= 4 is 17.3 Å². The molecule has 0 bridgehead atoms. The van der Waals surface area contributed by atoms with Crippen molar-refractivity contribution in [2.24, 2.45) is 0 Å². The first kappa shape index (κ1) is 19.0. The lowest BCUT2D eigenvalue weighted by Crippen LogP contribution is -2.25. The topological polar surface area (TPSA) is 56.1 Å². The van der Waals surface area contributed by atoms with Gasteiger partial charge in [0.05, 0.1) is 31.6 Å². The normalized spacial score (nSPS) is 11.9. The van der Waals surface area contributed by atoms with Crippen LogP contribution in [-0.4, -0.2) is 16.9 Å². The van der Waals surface area contributed by atoms with E-state index in [0.29, 0.717) is 12.2 Å². The van der Waals surface area contributed by atoms with E-state index in [1.165, 1.54) is 4.68 Å². The van der Waals surface area contributed by atoms with Gasteiger partial charge in [0.1, 0.15) is 10.8 Å². The lowest BCUT2D eigenvalue weighted by molar-refractivity contribution is 0.408. The second kappa shape index (κ2) is 8.27. The zero-order valence-electron chi connectivity index (χ0n) is 15.6. The summed E-state index contributed by atoms with van der Waals surface area (Å²) in [4.78, 5) is 12.6. The van der Waals surface area contributed by atoms with Crippen molar-refractivity contribution in [1.29, 1.82) is 0 Å². The lowest BCUT2D eigenvalue weighted by atomic mass is 10.0. The van der Waals surface area contributed by atoms with E-state index in [2.05, 4.69) is 16.5 Å². The number of methoxy groups -OCH3 is 1. The molecular weight excluding hydrogens is 362 g/mol. The van der Waals surface area contributed by atoms with Gasteiger partial charge in [0, 0.05) is 5.56 Å². The Balaban J connectivity index is 1.85. The maximum absolute atomic E-state index is 12.6. The first-order chi connectivity index (χ1) is 13.0. The largest absolute Gasteiger partial charge is 0.496 e. The van der Waals surface area contributed by atoms with Crippen LogP contribution in [0.25, 0.3) is 0 Å². The van der Waals surface area contributed by atoms with Gasteiger partial charge in [0.15, 0.2) is 0 Å². The van der Waals surface area contributed by atoms with Gasteiger partial charge < -0.3 is 10.1 Å². The summed E-state index contributed by atoms with van der Waals surface area (Å²) in [5.74, 6) is 0.780. The molecule has 27 heavy (non-hydrogen) atoms. The predicted octanol–water partition coefficient (Wildman–Crippen LogP) is 4.44. The van der Waals surface area contributed by atoms with Crippen LogP contribution < -0.4 is 15.6 Å². The van der Waals surface area contributed by atoms with Crippen LogP contribution in [0.5, 0.6) is 5.75 Å². The molecule has 0 aliphatic carbocycles. The minimum Gasteiger partial charge on any atom is -0.496 e. The first-order valence-electron chi connectivity index (χ1n) is 8.70. The number of anilines is 1. The third-order valence-corrected chi connectivity index (χ3v) is 4.75. The fourth-order valence-electron chi connectivity index (χ4n) is 2.94. The molecule has 140 valence electrons. The molecule has 2 aromatic carbocycles. The molecule has 0 saturated carbocycles. The van der Waals surface area contributed by atoms with Gasteiger partial charge in [-0.3, -0.25) is 4.79 Å². The van der Waals surface area contributed by atoms with Crippen molar-refractivity contribution in [2.45, 2.75) is 26.4 Å². The van der Waals surface area contributed by atoms with Gasteiger partial charge in [0.2, 0.25) is 0 Å². The molecule has 0 aliphatic rings.